The molecule has 19 heavy (non-hydrogen) atoms. The van der Waals surface area contributed by atoms with Gasteiger partial charge in [0.1, 0.15) is 6.54 Å². The molecule has 0 spiro atoms. The van der Waals surface area contributed by atoms with Crippen molar-refractivity contribution < 1.29 is 14.7 Å². The number of carbonyl (C=O) groups excluding carboxylic acids is 1. The molecule has 2 fully saturated rings. The standard InChI is InChI=1S/C14H24N2O3/c1-3-10(2)16(8-12(17)18)13(19)15-9-14(6-7-14)11-4-5-11/h10-11H,3-9H2,1-2H3,(H,15,19)(H,17,18). The number of carboxylic acids is 1. The Labute approximate surface area is 114 Å². The van der Waals surface area contributed by atoms with Gasteiger partial charge in [0.2, 0.25) is 0 Å². The highest BCUT2D eigenvalue weighted by Gasteiger charge is 2.53. The average Bonchev–Trinajstić information content (AvgIpc) is 3.24. The number of hydrogen-bond acceptors (Lipinski definition) is 2. The lowest BCUT2D eigenvalue weighted by atomic mass is 10.0. The number of aliphatic carboxylic acids is 1. The normalized spacial score (nSPS) is 21.6. The van der Waals surface area contributed by atoms with Crippen LogP contribution in [-0.2, 0) is 4.79 Å². The Morgan fingerprint density at radius 2 is 2.05 bits per heavy atom. The average molecular weight is 268 g/mol. The molecule has 2 rings (SSSR count). The van der Waals surface area contributed by atoms with Gasteiger partial charge >= 0.3 is 12.0 Å². The van der Waals surface area contributed by atoms with Gasteiger partial charge in [0, 0.05) is 12.6 Å². The predicted molar refractivity (Wildman–Crippen MR) is 71.9 cm³/mol. The summed E-state index contributed by atoms with van der Waals surface area (Å²) in [4.78, 5) is 24.4. The van der Waals surface area contributed by atoms with Gasteiger partial charge in [-0.05, 0) is 50.4 Å². The first-order chi connectivity index (χ1) is 8.98. The summed E-state index contributed by atoms with van der Waals surface area (Å²) < 4.78 is 0. The molecule has 1 unspecified atom stereocenters. The van der Waals surface area contributed by atoms with E-state index >= 15 is 0 Å². The van der Waals surface area contributed by atoms with E-state index in [1.165, 1.54) is 30.6 Å². The second kappa shape index (κ2) is 5.39. The van der Waals surface area contributed by atoms with Crippen LogP contribution in [0.2, 0.25) is 0 Å². The van der Waals surface area contributed by atoms with Gasteiger partial charge in [0.05, 0.1) is 0 Å². The number of nitrogens with zero attached hydrogens (tertiary/aromatic N) is 1. The quantitative estimate of drug-likeness (QED) is 0.742. The van der Waals surface area contributed by atoms with Gasteiger partial charge in [-0.2, -0.15) is 0 Å². The molecule has 0 aromatic carbocycles. The van der Waals surface area contributed by atoms with Gasteiger partial charge < -0.3 is 15.3 Å². The third kappa shape index (κ3) is 3.39. The molecule has 0 radical (unpaired) electrons. The number of carboxylic acid groups (broad SMARTS) is 1. The van der Waals surface area contributed by atoms with Crippen molar-refractivity contribution >= 4 is 12.0 Å². The molecule has 2 N–H and O–H groups in total. The van der Waals surface area contributed by atoms with Crippen molar-refractivity contribution in [3.8, 4) is 0 Å². The van der Waals surface area contributed by atoms with Crippen molar-refractivity contribution in [2.24, 2.45) is 11.3 Å². The van der Waals surface area contributed by atoms with Crippen molar-refractivity contribution in [2.75, 3.05) is 13.1 Å². The minimum absolute atomic E-state index is 0.0489. The summed E-state index contributed by atoms with van der Waals surface area (Å²) in [5.74, 6) is -0.164. The van der Waals surface area contributed by atoms with Crippen LogP contribution in [0.4, 0.5) is 4.79 Å². The number of carbonyl (C=O) groups is 2. The van der Waals surface area contributed by atoms with Crippen LogP contribution in [0.5, 0.6) is 0 Å². The van der Waals surface area contributed by atoms with Gasteiger partial charge in [-0.1, -0.05) is 6.92 Å². The Hall–Kier alpha value is -1.26. The van der Waals surface area contributed by atoms with Crippen molar-refractivity contribution in [1.82, 2.24) is 10.2 Å². The van der Waals surface area contributed by atoms with E-state index in [-0.39, 0.29) is 18.6 Å². The maximum absolute atomic E-state index is 12.1. The second-order valence-corrected chi connectivity index (χ2v) is 6.07. The SMILES string of the molecule is CCC(C)N(CC(=O)O)C(=O)NCC1(C2CC2)CC1. The zero-order valence-electron chi connectivity index (χ0n) is 11.8. The van der Waals surface area contributed by atoms with E-state index in [9.17, 15) is 9.59 Å². The lowest BCUT2D eigenvalue weighted by molar-refractivity contribution is -0.138. The lowest BCUT2D eigenvalue weighted by Crippen LogP contribution is -2.48. The topological polar surface area (TPSA) is 69.6 Å². The Balaban J connectivity index is 1.86. The van der Waals surface area contributed by atoms with Crippen LogP contribution in [0.3, 0.4) is 0 Å². The summed E-state index contributed by atoms with van der Waals surface area (Å²) in [5, 5.41) is 11.8. The summed E-state index contributed by atoms with van der Waals surface area (Å²) in [6.45, 7) is 4.33. The molecule has 2 aliphatic carbocycles. The molecule has 108 valence electrons. The molecule has 2 amide bonds. The number of nitrogens with one attached hydrogen (secondary N) is 1. The van der Waals surface area contributed by atoms with E-state index < -0.39 is 5.97 Å². The first-order valence-electron chi connectivity index (χ1n) is 7.25. The molecule has 0 aromatic rings. The number of hydrogen-bond donors (Lipinski definition) is 2. The minimum atomic E-state index is -0.959. The highest BCUT2D eigenvalue weighted by atomic mass is 16.4. The van der Waals surface area contributed by atoms with Gasteiger partial charge in [-0.25, -0.2) is 4.79 Å². The summed E-state index contributed by atoms with van der Waals surface area (Å²) in [7, 11) is 0. The van der Waals surface area contributed by atoms with Gasteiger partial charge in [0.15, 0.2) is 0 Å². The monoisotopic (exact) mass is 268 g/mol. The molecule has 5 nitrogen and oxygen atoms in total. The molecular weight excluding hydrogens is 244 g/mol. The highest BCUT2D eigenvalue weighted by molar-refractivity contribution is 5.80. The molecule has 0 aromatic heterocycles. The molecule has 0 bridgehead atoms. The molecular formula is C14H24N2O3. The molecule has 2 saturated carbocycles. The fourth-order valence-corrected chi connectivity index (χ4v) is 2.73. The van der Waals surface area contributed by atoms with E-state index in [0.717, 1.165) is 12.3 Å². The Morgan fingerprint density at radius 3 is 2.47 bits per heavy atom. The maximum atomic E-state index is 12.1. The molecule has 2 aliphatic rings. The molecule has 0 saturated heterocycles. The van der Waals surface area contributed by atoms with Crippen LogP contribution < -0.4 is 5.32 Å². The fraction of sp³-hybridized carbons (Fsp3) is 0.857. The molecule has 0 aliphatic heterocycles. The molecule has 1 atom stereocenters. The molecule has 0 heterocycles. The summed E-state index contributed by atoms with van der Waals surface area (Å²) >= 11 is 0. The fourth-order valence-electron chi connectivity index (χ4n) is 2.73. The number of amides is 2. The van der Waals surface area contributed by atoms with E-state index in [4.69, 9.17) is 5.11 Å². The third-order valence-electron chi connectivity index (χ3n) is 4.62. The second-order valence-electron chi connectivity index (χ2n) is 6.07. The highest BCUT2D eigenvalue weighted by Crippen LogP contribution is 2.60. The smallest absolute Gasteiger partial charge is 0.323 e. The third-order valence-corrected chi connectivity index (χ3v) is 4.62. The number of rotatable bonds is 7. The zero-order chi connectivity index (χ0) is 14.0. The molecule has 5 heteroatoms. The zero-order valence-corrected chi connectivity index (χ0v) is 11.8. The van der Waals surface area contributed by atoms with Gasteiger partial charge in [-0.3, -0.25) is 4.79 Å². The van der Waals surface area contributed by atoms with Crippen LogP contribution in [0, 0.1) is 11.3 Å². The van der Waals surface area contributed by atoms with Crippen molar-refractivity contribution in [1.29, 1.82) is 0 Å². The minimum Gasteiger partial charge on any atom is -0.480 e. The first kappa shape index (κ1) is 14.2. The van der Waals surface area contributed by atoms with Crippen LogP contribution in [0.1, 0.15) is 46.0 Å². The van der Waals surface area contributed by atoms with Gasteiger partial charge in [0.25, 0.3) is 0 Å². The van der Waals surface area contributed by atoms with Gasteiger partial charge in [-0.15, -0.1) is 0 Å². The number of urea groups is 1. The van der Waals surface area contributed by atoms with Crippen LogP contribution in [0.15, 0.2) is 0 Å². The van der Waals surface area contributed by atoms with Crippen LogP contribution in [-0.4, -0.2) is 41.1 Å². The Morgan fingerprint density at radius 1 is 1.42 bits per heavy atom. The lowest BCUT2D eigenvalue weighted by Gasteiger charge is -2.28. The van der Waals surface area contributed by atoms with E-state index in [1.54, 1.807) is 0 Å². The first-order valence-corrected chi connectivity index (χ1v) is 7.25. The largest absolute Gasteiger partial charge is 0.480 e. The van der Waals surface area contributed by atoms with E-state index in [1.807, 2.05) is 13.8 Å². The Bertz CT molecular complexity index is 362. The van der Waals surface area contributed by atoms with Crippen LogP contribution in [0.25, 0.3) is 0 Å². The van der Waals surface area contributed by atoms with Crippen molar-refractivity contribution in [3.63, 3.8) is 0 Å². The van der Waals surface area contributed by atoms with E-state index in [0.29, 0.717) is 12.0 Å². The summed E-state index contributed by atoms with van der Waals surface area (Å²) in [6.07, 6.45) is 5.76. The van der Waals surface area contributed by atoms with E-state index in [2.05, 4.69) is 5.32 Å². The van der Waals surface area contributed by atoms with Crippen molar-refractivity contribution in [2.45, 2.75) is 52.0 Å². The van der Waals surface area contributed by atoms with Crippen LogP contribution >= 0.6 is 0 Å². The van der Waals surface area contributed by atoms with Crippen molar-refractivity contribution in [3.05, 3.63) is 0 Å². The predicted octanol–water partition coefficient (Wildman–Crippen LogP) is 2.07. The Kier molecular flexibility index (Phi) is 4.02. The summed E-state index contributed by atoms with van der Waals surface area (Å²) in [6, 6.07) is -0.282. The maximum Gasteiger partial charge on any atom is 0.323 e. The summed E-state index contributed by atoms with van der Waals surface area (Å²) in [5.41, 5.74) is 0.347.